The van der Waals surface area contributed by atoms with Crippen LogP contribution in [0.5, 0.6) is 0 Å². The van der Waals surface area contributed by atoms with E-state index in [0.29, 0.717) is 13.0 Å². The van der Waals surface area contributed by atoms with Gasteiger partial charge in [-0.1, -0.05) is 41.5 Å². The smallest absolute Gasteiger partial charge is 0.428 e. The predicted octanol–water partition coefficient (Wildman–Crippen LogP) is 5.04. The summed E-state index contributed by atoms with van der Waals surface area (Å²) in [6, 6.07) is -0.811. The predicted molar refractivity (Wildman–Crippen MR) is 128 cm³/mol. The standard InChI is InChI=1S/C21H41N3O5Si2/c1-20(2,3)30(7,8)27-14-16-15(29-31(9,10)21(4,5)6)13-18(28-16)24(26)12-11-17(22)23-19(24)25/h11-12,15-16,18H,13-14H2,1-10H3,(H2,22,23,25)/t15-,16+,18+,24?/m0/s1. The molecule has 0 spiro atoms. The monoisotopic (exact) mass is 471 g/mol. The van der Waals surface area contributed by atoms with Crippen LogP contribution in [-0.2, 0) is 13.6 Å². The van der Waals surface area contributed by atoms with Crippen LogP contribution in [0.15, 0.2) is 12.3 Å². The van der Waals surface area contributed by atoms with Gasteiger partial charge in [0.1, 0.15) is 18.1 Å². The number of hydrogen-bond acceptors (Lipinski definition) is 6. The van der Waals surface area contributed by atoms with Gasteiger partial charge in [-0.2, -0.15) is 0 Å². The first kappa shape index (κ1) is 26.4. The average Bonchev–Trinajstić information content (AvgIpc) is 2.97. The number of amidine groups is 1. The summed E-state index contributed by atoms with van der Waals surface area (Å²) in [7, 11) is -4.17. The lowest BCUT2D eigenvalue weighted by atomic mass is 10.2. The van der Waals surface area contributed by atoms with E-state index < -0.39 is 39.6 Å². The van der Waals surface area contributed by atoms with Crippen LogP contribution in [0, 0.1) is 10.6 Å². The van der Waals surface area contributed by atoms with E-state index in [1.165, 1.54) is 12.3 Å². The van der Waals surface area contributed by atoms with Gasteiger partial charge in [-0.05, 0) is 36.3 Å². The number of ether oxygens (including phenoxy) is 1. The highest BCUT2D eigenvalue weighted by Gasteiger charge is 2.52. The molecule has 0 aromatic carbocycles. The van der Waals surface area contributed by atoms with Crippen molar-refractivity contribution in [1.29, 1.82) is 5.41 Å². The molecule has 8 nitrogen and oxygen atoms in total. The number of nitrogens with zero attached hydrogens (tertiary/aromatic N) is 1. The van der Waals surface area contributed by atoms with Gasteiger partial charge in [-0.15, -0.1) is 0 Å². The lowest BCUT2D eigenvalue weighted by Crippen LogP contribution is -2.58. The maximum atomic E-state index is 13.4. The fourth-order valence-electron chi connectivity index (χ4n) is 3.00. The molecule has 2 rings (SSSR count). The fraction of sp³-hybridized carbons (Fsp3) is 0.810. The second-order valence-electron chi connectivity index (χ2n) is 11.7. The Morgan fingerprint density at radius 2 is 1.71 bits per heavy atom. The van der Waals surface area contributed by atoms with Crippen molar-refractivity contribution in [3.05, 3.63) is 17.5 Å². The molecule has 31 heavy (non-hydrogen) atoms. The Hall–Kier alpha value is -0.886. The average molecular weight is 472 g/mol. The van der Waals surface area contributed by atoms with Crippen molar-refractivity contribution in [3.8, 4) is 0 Å². The first-order valence-corrected chi connectivity index (χ1v) is 16.8. The third kappa shape index (κ3) is 5.55. The van der Waals surface area contributed by atoms with Gasteiger partial charge in [-0.25, -0.2) is 9.44 Å². The molecule has 2 aliphatic rings. The summed E-state index contributed by atoms with van der Waals surface area (Å²) in [4.78, 5) is 12.4. The van der Waals surface area contributed by atoms with Crippen LogP contribution in [0.2, 0.25) is 36.3 Å². The molecule has 2 heterocycles. The van der Waals surface area contributed by atoms with Crippen LogP contribution in [0.4, 0.5) is 4.79 Å². The molecular weight excluding hydrogens is 430 g/mol. The first-order valence-electron chi connectivity index (χ1n) is 11.0. The summed E-state index contributed by atoms with van der Waals surface area (Å²) in [5, 5.41) is 23.3. The number of nitrogens with one attached hydrogen (secondary N) is 2. The largest absolute Gasteiger partial charge is 0.617 e. The summed E-state index contributed by atoms with van der Waals surface area (Å²) in [5.74, 6) is -0.0977. The van der Waals surface area contributed by atoms with Gasteiger partial charge in [-0.3, -0.25) is 10.7 Å². The minimum atomic E-state index is -2.14. The van der Waals surface area contributed by atoms with Gasteiger partial charge >= 0.3 is 6.03 Å². The molecule has 0 aliphatic carbocycles. The molecule has 1 fully saturated rings. The van der Waals surface area contributed by atoms with Crippen LogP contribution in [0.1, 0.15) is 48.0 Å². The molecule has 10 heteroatoms. The zero-order valence-corrected chi connectivity index (χ0v) is 22.8. The maximum absolute atomic E-state index is 13.4. The van der Waals surface area contributed by atoms with Crippen molar-refractivity contribution in [2.45, 2.75) is 103 Å². The normalized spacial score (nSPS) is 30.6. The summed E-state index contributed by atoms with van der Waals surface area (Å²) in [5.41, 5.74) is 0. The van der Waals surface area contributed by atoms with Crippen LogP contribution < -0.4 is 5.32 Å². The van der Waals surface area contributed by atoms with E-state index in [4.69, 9.17) is 19.0 Å². The SMILES string of the molecule is CC(C)(C)[Si](C)(C)OC[C@H]1O[C@@H]([N+]2([O-])C=CC(=N)NC2=O)C[C@@H]1O[Si](C)(C)C(C)(C)C. The van der Waals surface area contributed by atoms with E-state index in [1.807, 2.05) is 0 Å². The van der Waals surface area contributed by atoms with E-state index in [0.717, 1.165) is 0 Å². The molecule has 2 amide bonds. The highest BCUT2D eigenvalue weighted by molar-refractivity contribution is 6.74. The van der Waals surface area contributed by atoms with Gasteiger partial charge in [0.05, 0.1) is 19.1 Å². The molecule has 0 aromatic heterocycles. The minimum Gasteiger partial charge on any atom is -0.617 e. The molecule has 0 aromatic rings. The Bertz CT molecular complexity index is 742. The summed E-state index contributed by atoms with van der Waals surface area (Å²) in [6.07, 6.45) is 1.09. The first-order chi connectivity index (χ1) is 13.8. The van der Waals surface area contributed by atoms with Gasteiger partial charge in [0.2, 0.25) is 6.23 Å². The zero-order chi connectivity index (χ0) is 24.0. The van der Waals surface area contributed by atoms with E-state index in [2.05, 4.69) is 73.0 Å². The molecule has 178 valence electrons. The molecule has 4 atom stereocenters. The number of quaternary nitrogens is 1. The number of amides is 2. The molecule has 0 saturated carbocycles. The minimum absolute atomic E-state index is 0.00285. The quantitative estimate of drug-likeness (QED) is 0.321. The van der Waals surface area contributed by atoms with E-state index in [-0.39, 0.29) is 22.0 Å². The van der Waals surface area contributed by atoms with E-state index in [9.17, 15) is 10.0 Å². The zero-order valence-electron chi connectivity index (χ0n) is 20.8. The van der Waals surface area contributed by atoms with Gasteiger partial charge in [0.15, 0.2) is 16.6 Å². The Kier molecular flexibility index (Phi) is 7.21. The number of hydrogen-bond donors (Lipinski definition) is 2. The molecule has 0 radical (unpaired) electrons. The Balaban J connectivity index is 2.28. The number of rotatable bonds is 6. The van der Waals surface area contributed by atoms with Crippen LogP contribution in [-0.4, -0.2) is 58.2 Å². The van der Waals surface area contributed by atoms with Crippen molar-refractivity contribution >= 4 is 28.5 Å². The molecular formula is C21H41N3O5Si2. The molecule has 1 saturated heterocycles. The second kappa shape index (κ2) is 8.47. The highest BCUT2D eigenvalue weighted by atomic mass is 28.4. The van der Waals surface area contributed by atoms with Crippen molar-refractivity contribution in [3.63, 3.8) is 0 Å². The molecule has 1 unspecified atom stereocenters. The van der Waals surface area contributed by atoms with Crippen LogP contribution in [0.25, 0.3) is 0 Å². The van der Waals surface area contributed by atoms with Crippen LogP contribution >= 0.6 is 0 Å². The summed E-state index contributed by atoms with van der Waals surface area (Å²) in [6.45, 7) is 22.1. The summed E-state index contributed by atoms with van der Waals surface area (Å²) < 4.78 is 17.9. The van der Waals surface area contributed by atoms with Gasteiger partial charge in [0, 0.05) is 6.08 Å². The molecule has 0 bridgehead atoms. The summed E-state index contributed by atoms with van der Waals surface area (Å²) >= 11 is 0. The van der Waals surface area contributed by atoms with E-state index >= 15 is 0 Å². The van der Waals surface area contributed by atoms with E-state index in [1.54, 1.807) is 0 Å². The third-order valence-corrected chi connectivity index (χ3v) is 16.3. The van der Waals surface area contributed by atoms with Gasteiger partial charge in [0.25, 0.3) is 0 Å². The lowest BCUT2D eigenvalue weighted by molar-refractivity contribution is -0.802. The fourth-order valence-corrected chi connectivity index (χ4v) is 5.37. The number of urea groups is 1. The van der Waals surface area contributed by atoms with Crippen LogP contribution in [0.3, 0.4) is 0 Å². The topological polar surface area (TPSA) is 104 Å². The molecule has 2 aliphatic heterocycles. The Morgan fingerprint density at radius 3 is 2.19 bits per heavy atom. The van der Waals surface area contributed by atoms with Crippen molar-refractivity contribution in [2.75, 3.05) is 6.61 Å². The Labute approximate surface area is 189 Å². The lowest BCUT2D eigenvalue weighted by Gasteiger charge is -2.41. The van der Waals surface area contributed by atoms with Crippen molar-refractivity contribution < 1.29 is 23.0 Å². The highest BCUT2D eigenvalue weighted by Crippen LogP contribution is 2.42. The van der Waals surface area contributed by atoms with Crippen molar-refractivity contribution in [2.24, 2.45) is 0 Å². The molecule has 2 N–H and O–H groups in total. The number of carbonyl (C=O) groups is 1. The Morgan fingerprint density at radius 1 is 1.16 bits per heavy atom. The van der Waals surface area contributed by atoms with Crippen molar-refractivity contribution in [1.82, 2.24) is 5.32 Å². The number of hydroxylamine groups is 3. The third-order valence-electron chi connectivity index (χ3n) is 7.30. The number of carbonyl (C=O) groups excluding carboxylic acids is 1. The maximum Gasteiger partial charge on any atom is 0.428 e. The second-order valence-corrected chi connectivity index (χ2v) is 21.3. The van der Waals surface area contributed by atoms with Gasteiger partial charge < -0.3 is 18.8 Å².